The third kappa shape index (κ3) is 5.49. The Labute approximate surface area is 108 Å². The first-order chi connectivity index (χ1) is 8.63. The molecule has 1 aliphatic rings. The van der Waals surface area contributed by atoms with Gasteiger partial charge in [0.1, 0.15) is 0 Å². The van der Waals surface area contributed by atoms with Crippen molar-refractivity contribution in [1.82, 2.24) is 5.48 Å². The second-order valence-electron chi connectivity index (χ2n) is 5.01. The number of carbonyl (C=O) groups is 2. The van der Waals surface area contributed by atoms with E-state index in [4.69, 9.17) is 5.11 Å². The predicted octanol–water partition coefficient (Wildman–Crippen LogP) is 2.12. The number of hydroxylamine groups is 1. The van der Waals surface area contributed by atoms with Crippen LogP contribution in [0.3, 0.4) is 0 Å². The number of aliphatic carboxylic acids is 1. The fourth-order valence-electron chi connectivity index (χ4n) is 2.46. The largest absolute Gasteiger partial charge is 0.479 e. The lowest BCUT2D eigenvalue weighted by Crippen LogP contribution is -2.34. The zero-order valence-electron chi connectivity index (χ0n) is 11.0. The molecule has 2 N–H and O–H groups in total. The molecule has 0 aromatic rings. The lowest BCUT2D eigenvalue weighted by molar-refractivity contribution is -0.151. The minimum Gasteiger partial charge on any atom is -0.479 e. The number of hydrogen-bond donors (Lipinski definition) is 2. The topological polar surface area (TPSA) is 75.6 Å². The van der Waals surface area contributed by atoms with Gasteiger partial charge in [-0.05, 0) is 31.6 Å². The molecular formula is C13H23NO4. The fourth-order valence-corrected chi connectivity index (χ4v) is 2.46. The molecule has 0 bridgehead atoms. The van der Waals surface area contributed by atoms with Crippen molar-refractivity contribution in [3.63, 3.8) is 0 Å². The van der Waals surface area contributed by atoms with Crippen molar-refractivity contribution in [3.8, 4) is 0 Å². The Morgan fingerprint density at radius 2 is 1.94 bits per heavy atom. The van der Waals surface area contributed by atoms with Crippen LogP contribution in [0.1, 0.15) is 51.9 Å². The molecule has 0 aromatic heterocycles. The summed E-state index contributed by atoms with van der Waals surface area (Å²) in [5.41, 5.74) is 2.22. The van der Waals surface area contributed by atoms with Crippen LogP contribution in [0.2, 0.25) is 0 Å². The summed E-state index contributed by atoms with van der Waals surface area (Å²) in [4.78, 5) is 26.5. The van der Waals surface area contributed by atoms with Crippen molar-refractivity contribution in [2.45, 2.75) is 51.9 Å². The summed E-state index contributed by atoms with van der Waals surface area (Å²) in [6.07, 6.45) is 7.72. The van der Waals surface area contributed by atoms with Gasteiger partial charge in [0, 0.05) is 5.92 Å². The average Bonchev–Trinajstić information content (AvgIpc) is 2.36. The summed E-state index contributed by atoms with van der Waals surface area (Å²) in [6.45, 7) is 1.70. The first-order valence-electron chi connectivity index (χ1n) is 6.77. The van der Waals surface area contributed by atoms with E-state index in [0.717, 1.165) is 31.6 Å². The molecule has 0 atom stereocenters. The van der Waals surface area contributed by atoms with E-state index in [-0.39, 0.29) is 11.8 Å². The second kappa shape index (κ2) is 8.08. The third-order valence-electron chi connectivity index (χ3n) is 3.55. The van der Waals surface area contributed by atoms with Gasteiger partial charge in [-0.2, -0.15) is 0 Å². The standard InChI is InChI=1S/C13H23NO4/c1-2-3-4-10-5-7-11(8-6-10)13(17)14-18-9-12(15)16/h10-11H,2-9H2,1H3,(H,14,17)(H,15,16). The summed E-state index contributed by atoms with van der Waals surface area (Å²) in [7, 11) is 0. The van der Waals surface area contributed by atoms with Crippen LogP contribution in [0.5, 0.6) is 0 Å². The summed E-state index contributed by atoms with van der Waals surface area (Å²) in [5.74, 6) is -0.519. The van der Waals surface area contributed by atoms with Crippen molar-refractivity contribution in [3.05, 3.63) is 0 Å². The normalized spacial score (nSPS) is 23.6. The molecule has 1 aliphatic carbocycles. The number of rotatable bonds is 7. The Bertz CT molecular complexity index is 272. The molecule has 5 heteroatoms. The molecule has 0 saturated heterocycles. The van der Waals surface area contributed by atoms with E-state index in [1.54, 1.807) is 0 Å². The highest BCUT2D eigenvalue weighted by molar-refractivity contribution is 5.78. The molecule has 1 amide bonds. The Morgan fingerprint density at radius 3 is 2.50 bits per heavy atom. The number of hydrogen-bond acceptors (Lipinski definition) is 3. The number of amides is 1. The van der Waals surface area contributed by atoms with Crippen LogP contribution >= 0.6 is 0 Å². The van der Waals surface area contributed by atoms with E-state index in [2.05, 4.69) is 17.2 Å². The molecule has 1 rings (SSSR count). The number of carbonyl (C=O) groups excluding carboxylic acids is 1. The molecule has 0 aromatic carbocycles. The number of unbranched alkanes of at least 4 members (excludes halogenated alkanes) is 1. The van der Waals surface area contributed by atoms with Gasteiger partial charge in [-0.15, -0.1) is 0 Å². The van der Waals surface area contributed by atoms with Crippen molar-refractivity contribution in [2.75, 3.05) is 6.61 Å². The quantitative estimate of drug-likeness (QED) is 0.685. The molecule has 0 spiro atoms. The fraction of sp³-hybridized carbons (Fsp3) is 0.846. The molecule has 0 aliphatic heterocycles. The van der Waals surface area contributed by atoms with Gasteiger partial charge < -0.3 is 5.11 Å². The van der Waals surface area contributed by atoms with Gasteiger partial charge in [-0.25, -0.2) is 10.3 Å². The minimum absolute atomic E-state index is 0.0170. The maximum atomic E-state index is 11.7. The van der Waals surface area contributed by atoms with Crippen LogP contribution in [0.15, 0.2) is 0 Å². The molecule has 1 saturated carbocycles. The van der Waals surface area contributed by atoms with Crippen LogP contribution in [0.4, 0.5) is 0 Å². The molecule has 0 unspecified atom stereocenters. The first-order valence-corrected chi connectivity index (χ1v) is 6.77. The van der Waals surface area contributed by atoms with Gasteiger partial charge in [-0.1, -0.05) is 26.2 Å². The summed E-state index contributed by atoms with van der Waals surface area (Å²) >= 11 is 0. The van der Waals surface area contributed by atoms with Gasteiger partial charge in [-0.3, -0.25) is 9.63 Å². The Kier molecular flexibility index (Phi) is 6.72. The van der Waals surface area contributed by atoms with Crippen molar-refractivity contribution in [2.24, 2.45) is 11.8 Å². The van der Waals surface area contributed by atoms with Gasteiger partial charge in [0.25, 0.3) is 0 Å². The van der Waals surface area contributed by atoms with E-state index in [1.807, 2.05) is 0 Å². The molecule has 0 heterocycles. The number of nitrogens with one attached hydrogen (secondary N) is 1. The monoisotopic (exact) mass is 257 g/mol. The summed E-state index contributed by atoms with van der Waals surface area (Å²) in [5, 5.41) is 8.38. The number of carboxylic acids is 1. The van der Waals surface area contributed by atoms with Crippen LogP contribution in [-0.2, 0) is 14.4 Å². The van der Waals surface area contributed by atoms with Gasteiger partial charge in [0.15, 0.2) is 6.61 Å². The van der Waals surface area contributed by atoms with Crippen LogP contribution < -0.4 is 5.48 Å². The van der Waals surface area contributed by atoms with Crippen LogP contribution in [0.25, 0.3) is 0 Å². The zero-order chi connectivity index (χ0) is 13.4. The van der Waals surface area contributed by atoms with E-state index >= 15 is 0 Å². The SMILES string of the molecule is CCCCC1CCC(C(=O)NOCC(=O)O)CC1. The van der Waals surface area contributed by atoms with Crippen LogP contribution in [-0.4, -0.2) is 23.6 Å². The van der Waals surface area contributed by atoms with E-state index in [0.29, 0.717) is 0 Å². The molecule has 1 fully saturated rings. The zero-order valence-corrected chi connectivity index (χ0v) is 11.0. The lowest BCUT2D eigenvalue weighted by atomic mass is 9.79. The molecule has 104 valence electrons. The lowest BCUT2D eigenvalue weighted by Gasteiger charge is -2.27. The predicted molar refractivity (Wildman–Crippen MR) is 66.7 cm³/mol. The Hall–Kier alpha value is -1.10. The van der Waals surface area contributed by atoms with Crippen molar-refractivity contribution in [1.29, 1.82) is 0 Å². The Balaban J connectivity index is 2.17. The van der Waals surface area contributed by atoms with Crippen molar-refractivity contribution < 1.29 is 19.5 Å². The van der Waals surface area contributed by atoms with Gasteiger partial charge in [0.2, 0.25) is 5.91 Å². The maximum absolute atomic E-state index is 11.7. The smallest absolute Gasteiger partial charge is 0.332 e. The molecular weight excluding hydrogens is 234 g/mol. The highest BCUT2D eigenvalue weighted by atomic mass is 16.7. The number of carboxylic acid groups (broad SMARTS) is 1. The first kappa shape index (κ1) is 15.0. The summed E-state index contributed by atoms with van der Waals surface area (Å²) < 4.78 is 0. The van der Waals surface area contributed by atoms with E-state index in [1.165, 1.54) is 19.3 Å². The van der Waals surface area contributed by atoms with Crippen molar-refractivity contribution >= 4 is 11.9 Å². The third-order valence-corrected chi connectivity index (χ3v) is 3.55. The minimum atomic E-state index is -1.08. The highest BCUT2D eigenvalue weighted by Gasteiger charge is 2.26. The van der Waals surface area contributed by atoms with Crippen LogP contribution in [0, 0.1) is 11.8 Å². The summed E-state index contributed by atoms with van der Waals surface area (Å²) in [6, 6.07) is 0. The second-order valence-corrected chi connectivity index (χ2v) is 5.01. The van der Waals surface area contributed by atoms with Gasteiger partial charge in [0.05, 0.1) is 0 Å². The maximum Gasteiger partial charge on any atom is 0.332 e. The van der Waals surface area contributed by atoms with E-state index in [9.17, 15) is 9.59 Å². The molecule has 18 heavy (non-hydrogen) atoms. The highest BCUT2D eigenvalue weighted by Crippen LogP contribution is 2.31. The average molecular weight is 257 g/mol. The van der Waals surface area contributed by atoms with E-state index < -0.39 is 12.6 Å². The van der Waals surface area contributed by atoms with Gasteiger partial charge >= 0.3 is 5.97 Å². The molecule has 5 nitrogen and oxygen atoms in total. The molecule has 0 radical (unpaired) electrons. The Morgan fingerprint density at radius 1 is 1.28 bits per heavy atom.